The smallest absolute Gasteiger partial charge is 0.231 e. The van der Waals surface area contributed by atoms with Crippen LogP contribution >= 0.6 is 11.8 Å². The Labute approximate surface area is 156 Å². The Hall–Kier alpha value is -2.79. The number of hydrogen-bond donors (Lipinski definition) is 2. The summed E-state index contributed by atoms with van der Waals surface area (Å²) in [5.41, 5.74) is 1.56. The molecule has 2 N–H and O–H groups in total. The van der Waals surface area contributed by atoms with E-state index in [2.05, 4.69) is 26.8 Å². The van der Waals surface area contributed by atoms with Crippen LogP contribution in [-0.2, 0) is 9.59 Å². The van der Waals surface area contributed by atoms with Gasteiger partial charge in [-0.2, -0.15) is 0 Å². The van der Waals surface area contributed by atoms with Crippen molar-refractivity contribution in [3.8, 4) is 18.0 Å². The van der Waals surface area contributed by atoms with E-state index in [1.807, 2.05) is 28.8 Å². The van der Waals surface area contributed by atoms with Crippen LogP contribution in [0.2, 0.25) is 0 Å². The molecule has 0 atom stereocenters. The van der Waals surface area contributed by atoms with E-state index in [0.717, 1.165) is 24.4 Å². The number of rotatable bonds is 7. The zero-order chi connectivity index (χ0) is 18.5. The van der Waals surface area contributed by atoms with Crippen LogP contribution in [0.1, 0.15) is 31.5 Å². The predicted octanol–water partition coefficient (Wildman–Crippen LogP) is 1.94. The molecule has 2 aromatic rings. The molecule has 8 heteroatoms. The molecule has 0 saturated heterocycles. The number of anilines is 1. The molecule has 0 bridgehead atoms. The van der Waals surface area contributed by atoms with Crippen molar-refractivity contribution in [3.63, 3.8) is 0 Å². The number of nitrogens with one attached hydrogen (secondary N) is 2. The highest BCUT2D eigenvalue weighted by molar-refractivity contribution is 7.99. The van der Waals surface area contributed by atoms with E-state index in [1.54, 1.807) is 0 Å². The number of thioether (sulfide) groups is 1. The van der Waals surface area contributed by atoms with E-state index in [1.165, 1.54) is 18.7 Å². The van der Waals surface area contributed by atoms with E-state index < -0.39 is 0 Å². The Kier molecular flexibility index (Phi) is 5.58. The second-order valence-corrected chi connectivity index (χ2v) is 6.89. The van der Waals surface area contributed by atoms with Gasteiger partial charge in [-0.3, -0.25) is 14.2 Å². The number of benzene rings is 1. The fraction of sp³-hybridized carbons (Fsp3) is 0.333. The SMILES string of the molecule is C#CCNC(=O)CSc1nnc(C2CC2)n1-c1cccc(NC(C)=O)c1. The Bertz CT molecular complexity index is 867. The van der Waals surface area contributed by atoms with Gasteiger partial charge in [-0.05, 0) is 31.0 Å². The molecule has 26 heavy (non-hydrogen) atoms. The first-order valence-corrected chi connectivity index (χ1v) is 9.23. The Balaban J connectivity index is 1.85. The molecule has 0 spiro atoms. The number of nitrogens with zero attached hydrogens (tertiary/aromatic N) is 3. The minimum Gasteiger partial charge on any atom is -0.344 e. The standard InChI is InChI=1S/C18H19N5O2S/c1-3-9-19-16(25)11-26-18-22-21-17(13-7-8-13)23(18)15-6-4-5-14(10-15)20-12(2)24/h1,4-6,10,13H,7-9,11H2,2H3,(H,19,25)(H,20,24). The Morgan fingerprint density at radius 3 is 2.88 bits per heavy atom. The Morgan fingerprint density at radius 1 is 1.38 bits per heavy atom. The van der Waals surface area contributed by atoms with Crippen LogP contribution in [0.15, 0.2) is 29.4 Å². The summed E-state index contributed by atoms with van der Waals surface area (Å²) < 4.78 is 1.96. The summed E-state index contributed by atoms with van der Waals surface area (Å²) in [6.45, 7) is 1.68. The van der Waals surface area contributed by atoms with Gasteiger partial charge >= 0.3 is 0 Å². The van der Waals surface area contributed by atoms with E-state index >= 15 is 0 Å². The summed E-state index contributed by atoms with van der Waals surface area (Å²) in [5, 5.41) is 14.6. The zero-order valence-electron chi connectivity index (χ0n) is 14.4. The summed E-state index contributed by atoms with van der Waals surface area (Å²) in [5.74, 6) is 3.57. The first-order valence-electron chi connectivity index (χ1n) is 8.24. The molecule has 1 heterocycles. The maximum atomic E-state index is 11.8. The second kappa shape index (κ2) is 8.06. The average molecular weight is 369 g/mol. The van der Waals surface area contributed by atoms with Gasteiger partial charge in [0.1, 0.15) is 5.82 Å². The number of amides is 2. The summed E-state index contributed by atoms with van der Waals surface area (Å²) in [7, 11) is 0. The Morgan fingerprint density at radius 2 is 2.19 bits per heavy atom. The van der Waals surface area contributed by atoms with Gasteiger partial charge < -0.3 is 10.6 Å². The maximum absolute atomic E-state index is 11.8. The molecule has 2 amide bonds. The van der Waals surface area contributed by atoms with Crippen molar-refractivity contribution in [2.24, 2.45) is 0 Å². The lowest BCUT2D eigenvalue weighted by molar-refractivity contribution is -0.118. The molecular formula is C18H19N5O2S. The fourth-order valence-corrected chi connectivity index (χ4v) is 3.27. The van der Waals surface area contributed by atoms with Crippen LogP contribution in [0.5, 0.6) is 0 Å². The molecule has 134 valence electrons. The largest absolute Gasteiger partial charge is 0.344 e. The topological polar surface area (TPSA) is 88.9 Å². The molecule has 0 aliphatic heterocycles. The van der Waals surface area contributed by atoms with Crippen LogP contribution < -0.4 is 10.6 Å². The van der Waals surface area contributed by atoms with Crippen LogP contribution in [0, 0.1) is 12.3 Å². The normalized spacial score (nSPS) is 13.1. The number of terminal acetylenes is 1. The summed E-state index contributed by atoms with van der Waals surface area (Å²) >= 11 is 1.31. The minimum absolute atomic E-state index is 0.131. The molecule has 3 rings (SSSR count). The molecule has 0 radical (unpaired) electrons. The van der Waals surface area contributed by atoms with E-state index in [9.17, 15) is 9.59 Å². The number of carbonyl (C=O) groups excluding carboxylic acids is 2. The minimum atomic E-state index is -0.150. The van der Waals surface area contributed by atoms with Crippen molar-refractivity contribution in [2.45, 2.75) is 30.8 Å². The van der Waals surface area contributed by atoms with Gasteiger partial charge in [0.15, 0.2) is 5.16 Å². The van der Waals surface area contributed by atoms with Crippen molar-refractivity contribution in [2.75, 3.05) is 17.6 Å². The molecule has 7 nitrogen and oxygen atoms in total. The summed E-state index contributed by atoms with van der Waals surface area (Å²) in [4.78, 5) is 23.1. The summed E-state index contributed by atoms with van der Waals surface area (Å²) in [6, 6.07) is 7.50. The van der Waals surface area contributed by atoms with Gasteiger partial charge in [0, 0.05) is 18.5 Å². The third-order valence-corrected chi connectivity index (χ3v) is 4.67. The summed E-state index contributed by atoms with van der Waals surface area (Å²) in [6.07, 6.45) is 7.31. The molecule has 0 unspecified atom stereocenters. The number of hydrogen-bond acceptors (Lipinski definition) is 5. The van der Waals surface area contributed by atoms with E-state index in [-0.39, 0.29) is 24.1 Å². The molecule has 1 fully saturated rings. The van der Waals surface area contributed by atoms with Crippen molar-refractivity contribution < 1.29 is 9.59 Å². The first kappa shape index (κ1) is 18.0. The van der Waals surface area contributed by atoms with Gasteiger partial charge in [-0.25, -0.2) is 0 Å². The van der Waals surface area contributed by atoms with Gasteiger partial charge in [0.2, 0.25) is 11.8 Å². The molecule has 1 saturated carbocycles. The molecule has 1 aromatic carbocycles. The molecule has 1 aromatic heterocycles. The lowest BCUT2D eigenvalue weighted by Crippen LogP contribution is -2.25. The van der Waals surface area contributed by atoms with Crippen molar-refractivity contribution in [3.05, 3.63) is 30.1 Å². The van der Waals surface area contributed by atoms with Crippen molar-refractivity contribution in [1.29, 1.82) is 0 Å². The van der Waals surface area contributed by atoms with Gasteiger partial charge in [-0.1, -0.05) is 23.7 Å². The highest BCUT2D eigenvalue weighted by Crippen LogP contribution is 2.41. The van der Waals surface area contributed by atoms with Gasteiger partial charge in [0.05, 0.1) is 18.0 Å². The van der Waals surface area contributed by atoms with Crippen molar-refractivity contribution in [1.82, 2.24) is 20.1 Å². The van der Waals surface area contributed by atoms with Crippen LogP contribution in [0.25, 0.3) is 5.69 Å². The molecule has 1 aliphatic rings. The highest BCUT2D eigenvalue weighted by atomic mass is 32.2. The van der Waals surface area contributed by atoms with Crippen LogP contribution in [0.3, 0.4) is 0 Å². The predicted molar refractivity (Wildman–Crippen MR) is 100 cm³/mol. The first-order chi connectivity index (χ1) is 12.6. The molecular weight excluding hydrogens is 350 g/mol. The zero-order valence-corrected chi connectivity index (χ0v) is 15.2. The third-order valence-electron chi connectivity index (χ3n) is 3.75. The average Bonchev–Trinajstić information content (AvgIpc) is 3.37. The van der Waals surface area contributed by atoms with E-state index in [4.69, 9.17) is 6.42 Å². The number of aromatic nitrogens is 3. The third kappa shape index (κ3) is 4.43. The fourth-order valence-electron chi connectivity index (χ4n) is 2.48. The monoisotopic (exact) mass is 369 g/mol. The lowest BCUT2D eigenvalue weighted by Gasteiger charge is -2.11. The van der Waals surface area contributed by atoms with Gasteiger partial charge in [-0.15, -0.1) is 16.6 Å². The van der Waals surface area contributed by atoms with Crippen LogP contribution in [0.4, 0.5) is 5.69 Å². The lowest BCUT2D eigenvalue weighted by atomic mass is 10.2. The maximum Gasteiger partial charge on any atom is 0.231 e. The van der Waals surface area contributed by atoms with Crippen molar-refractivity contribution >= 4 is 29.3 Å². The quantitative estimate of drug-likeness (QED) is 0.575. The molecule has 1 aliphatic carbocycles. The highest BCUT2D eigenvalue weighted by Gasteiger charge is 2.31. The number of carbonyl (C=O) groups is 2. The van der Waals surface area contributed by atoms with Crippen LogP contribution in [-0.4, -0.2) is 38.9 Å². The van der Waals surface area contributed by atoms with Gasteiger partial charge in [0.25, 0.3) is 0 Å². The van der Waals surface area contributed by atoms with E-state index in [0.29, 0.717) is 16.8 Å². The second-order valence-electron chi connectivity index (χ2n) is 5.95.